The van der Waals surface area contributed by atoms with Gasteiger partial charge in [0.1, 0.15) is 5.75 Å². The molecular weight excluding hydrogens is 617 g/mol. The fourth-order valence-electron chi connectivity index (χ4n) is 5.74. The first kappa shape index (κ1) is 33.9. The smallest absolute Gasteiger partial charge is 0.333 e. The van der Waals surface area contributed by atoms with E-state index in [0.717, 1.165) is 44.2 Å². The van der Waals surface area contributed by atoms with Crippen molar-refractivity contribution in [3.8, 4) is 5.75 Å². The summed E-state index contributed by atoms with van der Waals surface area (Å²) in [5.41, 5.74) is 1.15. The van der Waals surface area contributed by atoms with Crippen LogP contribution in [0.25, 0.3) is 0 Å². The van der Waals surface area contributed by atoms with Crippen molar-refractivity contribution in [3.05, 3.63) is 64.9 Å². The zero-order valence-electron chi connectivity index (χ0n) is 25.8. The molecule has 3 aromatic rings. The van der Waals surface area contributed by atoms with Crippen molar-refractivity contribution < 1.29 is 27.5 Å². The lowest BCUT2D eigenvalue weighted by Crippen LogP contribution is -2.38. The number of nitrogens with zero attached hydrogens (tertiary/aromatic N) is 1. The van der Waals surface area contributed by atoms with Gasteiger partial charge in [-0.05, 0) is 48.7 Å². The van der Waals surface area contributed by atoms with Gasteiger partial charge < -0.3 is 19.7 Å². The molecule has 44 heavy (non-hydrogen) atoms. The normalized spacial score (nSPS) is 16.0. The fraction of sp³-hybridized carbons (Fsp3) is 0.455. The topological polar surface area (TPSA) is 102 Å². The molecule has 0 saturated carbocycles. The third-order valence-electron chi connectivity index (χ3n) is 7.98. The average molecular weight is 659 g/mol. The van der Waals surface area contributed by atoms with Gasteiger partial charge in [0, 0.05) is 28.6 Å². The van der Waals surface area contributed by atoms with Gasteiger partial charge in [0.15, 0.2) is 22.5 Å². The molecule has 8 nitrogen and oxygen atoms in total. The first-order valence-corrected chi connectivity index (χ1v) is 18.7. The van der Waals surface area contributed by atoms with Crippen LogP contribution in [0.4, 0.5) is 11.4 Å². The molecule has 0 bridgehead atoms. The maximum Gasteiger partial charge on any atom is 0.333 e. The third-order valence-corrected chi connectivity index (χ3v) is 11.7. The van der Waals surface area contributed by atoms with Gasteiger partial charge in [0.2, 0.25) is 0 Å². The maximum atomic E-state index is 14.3. The Morgan fingerprint density at radius 2 is 1.77 bits per heavy atom. The first-order valence-electron chi connectivity index (χ1n) is 15.0. The lowest BCUT2D eigenvalue weighted by molar-refractivity contribution is -0.145. The number of fused-ring (bicyclic) bond motifs is 1. The van der Waals surface area contributed by atoms with Crippen molar-refractivity contribution >= 4 is 56.2 Å². The molecule has 1 aliphatic rings. The van der Waals surface area contributed by atoms with Gasteiger partial charge in [-0.2, -0.15) is 0 Å². The average Bonchev–Trinajstić information content (AvgIpc) is 3.54. The summed E-state index contributed by atoms with van der Waals surface area (Å²) in [6.45, 7) is 4.48. The van der Waals surface area contributed by atoms with Crippen LogP contribution in [0.1, 0.15) is 63.3 Å². The predicted octanol–water partition coefficient (Wildman–Crippen LogP) is 7.17. The van der Waals surface area contributed by atoms with Crippen molar-refractivity contribution in [2.24, 2.45) is 5.41 Å². The van der Waals surface area contributed by atoms with E-state index in [1.807, 2.05) is 48.0 Å². The lowest BCUT2D eigenvalue weighted by atomic mass is 9.79. The van der Waals surface area contributed by atoms with Crippen molar-refractivity contribution in [2.75, 3.05) is 37.2 Å². The number of unbranched alkanes of at least 4 members (excludes halogenated alkanes) is 2. The van der Waals surface area contributed by atoms with E-state index in [0.29, 0.717) is 27.8 Å². The summed E-state index contributed by atoms with van der Waals surface area (Å²) < 4.78 is 39.4. The van der Waals surface area contributed by atoms with Crippen LogP contribution in [0, 0.1) is 5.41 Å². The number of carbonyl (C=O) groups excluding carboxylic acids is 2. The summed E-state index contributed by atoms with van der Waals surface area (Å²) in [4.78, 5) is 29.0. The largest absolute Gasteiger partial charge is 0.483 e. The van der Waals surface area contributed by atoms with Gasteiger partial charge in [0.25, 0.3) is 5.91 Å². The monoisotopic (exact) mass is 658 g/mol. The minimum Gasteiger partial charge on any atom is -0.483 e. The summed E-state index contributed by atoms with van der Waals surface area (Å²) in [5.74, 6) is -0.750. The molecule has 11 heteroatoms. The van der Waals surface area contributed by atoms with Gasteiger partial charge >= 0.3 is 5.97 Å². The van der Waals surface area contributed by atoms with Gasteiger partial charge in [-0.25, -0.2) is 13.2 Å². The number of para-hydroxylation sites is 1. The lowest BCUT2D eigenvalue weighted by Gasteiger charge is -2.37. The Labute approximate surface area is 269 Å². The third kappa shape index (κ3) is 7.97. The Morgan fingerprint density at radius 1 is 1.07 bits per heavy atom. The second-order valence-corrected chi connectivity index (χ2v) is 15.0. The SMILES string of the molecule is CCCCC1(CCCC)CN(c2ccccc2)c2cc(SC)c(OCC(=O)NC(C(=O)OC)c3cccs3)cc2S(=O)(=O)C1. The number of thiophene rings is 1. The number of amides is 1. The van der Waals surface area contributed by atoms with E-state index in [1.54, 1.807) is 18.2 Å². The standard InChI is InChI=1S/C33H42N2O6S3/c1-5-7-16-33(17-8-6-2)22-35(24-13-10-9-11-14-24)25-19-28(42-4)26(20-29(25)44(38,39)23-33)41-21-30(36)34-31(32(37)40-3)27-15-12-18-43-27/h9-15,18-20,31H,5-8,16-17,21-23H2,1-4H3,(H,34,36). The van der Waals surface area contributed by atoms with E-state index in [9.17, 15) is 18.0 Å². The number of ether oxygens (including phenoxy) is 2. The van der Waals surface area contributed by atoms with Crippen LogP contribution in [-0.2, 0) is 24.2 Å². The number of sulfone groups is 1. The molecule has 1 unspecified atom stereocenters. The van der Waals surface area contributed by atoms with Crippen LogP contribution in [0.3, 0.4) is 0 Å². The molecule has 0 radical (unpaired) electrons. The molecule has 1 N–H and O–H groups in total. The Kier molecular flexibility index (Phi) is 11.8. The molecule has 0 aliphatic carbocycles. The van der Waals surface area contributed by atoms with Crippen LogP contribution in [0.2, 0.25) is 0 Å². The van der Waals surface area contributed by atoms with E-state index in [4.69, 9.17) is 9.47 Å². The highest BCUT2D eigenvalue weighted by Crippen LogP contribution is 2.47. The molecular formula is C33H42N2O6S3. The molecule has 2 aromatic carbocycles. The number of esters is 1. The molecule has 1 aromatic heterocycles. The molecule has 1 atom stereocenters. The van der Waals surface area contributed by atoms with E-state index in [-0.39, 0.29) is 10.6 Å². The highest BCUT2D eigenvalue weighted by Gasteiger charge is 2.42. The van der Waals surface area contributed by atoms with Crippen molar-refractivity contribution in [3.63, 3.8) is 0 Å². The molecule has 1 amide bonds. The van der Waals surface area contributed by atoms with Gasteiger partial charge in [-0.15, -0.1) is 23.1 Å². The van der Waals surface area contributed by atoms with E-state index < -0.39 is 39.8 Å². The highest BCUT2D eigenvalue weighted by atomic mass is 32.2. The van der Waals surface area contributed by atoms with Crippen LogP contribution in [0.5, 0.6) is 5.75 Å². The number of carbonyl (C=O) groups is 2. The molecule has 0 saturated heterocycles. The van der Waals surface area contributed by atoms with Crippen LogP contribution >= 0.6 is 23.1 Å². The highest BCUT2D eigenvalue weighted by molar-refractivity contribution is 7.98. The van der Waals surface area contributed by atoms with E-state index in [2.05, 4.69) is 24.1 Å². The van der Waals surface area contributed by atoms with Gasteiger partial charge in [0.05, 0.1) is 28.3 Å². The Hall–Kier alpha value is -3.02. The number of hydrogen-bond acceptors (Lipinski definition) is 9. The molecule has 2 heterocycles. The Morgan fingerprint density at radius 3 is 2.36 bits per heavy atom. The summed E-state index contributed by atoms with van der Waals surface area (Å²) in [5, 5.41) is 4.50. The summed E-state index contributed by atoms with van der Waals surface area (Å²) >= 11 is 2.75. The molecule has 1 aliphatic heterocycles. The second kappa shape index (κ2) is 15.3. The minimum atomic E-state index is -3.73. The Bertz CT molecular complexity index is 1500. The van der Waals surface area contributed by atoms with Crippen molar-refractivity contribution in [2.45, 2.75) is 68.2 Å². The minimum absolute atomic E-state index is 0.0521. The summed E-state index contributed by atoms with van der Waals surface area (Å²) in [6.07, 6.45) is 7.43. The molecule has 238 valence electrons. The van der Waals surface area contributed by atoms with E-state index >= 15 is 0 Å². The number of hydrogen-bond donors (Lipinski definition) is 1. The summed E-state index contributed by atoms with van der Waals surface area (Å²) in [6, 6.07) is 16.0. The zero-order chi connectivity index (χ0) is 31.7. The van der Waals surface area contributed by atoms with Crippen LogP contribution in [-0.4, -0.2) is 52.6 Å². The van der Waals surface area contributed by atoms with Gasteiger partial charge in [-0.1, -0.05) is 63.8 Å². The van der Waals surface area contributed by atoms with Crippen molar-refractivity contribution in [1.29, 1.82) is 0 Å². The first-order chi connectivity index (χ1) is 21.2. The number of benzene rings is 2. The summed E-state index contributed by atoms with van der Waals surface area (Å²) in [7, 11) is -2.46. The van der Waals surface area contributed by atoms with Crippen molar-refractivity contribution in [1.82, 2.24) is 5.32 Å². The van der Waals surface area contributed by atoms with Gasteiger partial charge in [-0.3, -0.25) is 4.79 Å². The van der Waals surface area contributed by atoms with E-state index in [1.165, 1.54) is 30.2 Å². The fourth-order valence-corrected chi connectivity index (χ4v) is 9.17. The number of thioether (sulfide) groups is 1. The number of methoxy groups -OCH3 is 1. The zero-order valence-corrected chi connectivity index (χ0v) is 28.3. The quantitative estimate of drug-likeness (QED) is 0.144. The Balaban J connectivity index is 1.71. The maximum absolute atomic E-state index is 14.3. The molecule has 4 rings (SSSR count). The van der Waals surface area contributed by atoms with Crippen LogP contribution in [0.15, 0.2) is 69.8 Å². The molecule has 0 fully saturated rings. The predicted molar refractivity (Wildman–Crippen MR) is 178 cm³/mol. The number of anilines is 2. The number of nitrogens with one attached hydrogen (secondary N) is 1. The molecule has 0 spiro atoms. The number of rotatable bonds is 14. The second-order valence-electron chi connectivity index (χ2n) is 11.2. The van der Waals surface area contributed by atoms with Crippen LogP contribution < -0.4 is 15.0 Å².